The third-order valence-corrected chi connectivity index (χ3v) is 4.74. The van der Waals surface area contributed by atoms with E-state index in [1.807, 2.05) is 58.0 Å². The molecular weight excluding hydrogens is 306 g/mol. The smallest absolute Gasteiger partial charge is 0.486 e. The number of ether oxygens (including phenoxy) is 1. The Bertz CT molecular complexity index is 700. The zero-order chi connectivity index (χ0) is 17.4. The monoisotopic (exact) mass is 328 g/mol. The number of hydrogen-bond donors (Lipinski definition) is 0. The summed E-state index contributed by atoms with van der Waals surface area (Å²) in [5, 5.41) is 0. The van der Waals surface area contributed by atoms with Gasteiger partial charge in [0, 0.05) is 5.46 Å². The molecule has 0 bridgehead atoms. The van der Waals surface area contributed by atoms with Crippen LogP contribution in [0.5, 0.6) is 5.75 Å². The van der Waals surface area contributed by atoms with Gasteiger partial charge in [-0.3, -0.25) is 0 Å². The van der Waals surface area contributed by atoms with Crippen LogP contribution in [0.15, 0.2) is 48.5 Å². The van der Waals surface area contributed by atoms with Gasteiger partial charge in [0.05, 0.1) is 11.2 Å². The first kappa shape index (κ1) is 17.0. The molecule has 0 amide bonds. The van der Waals surface area contributed by atoms with Crippen LogP contribution < -0.4 is 10.2 Å². The van der Waals surface area contributed by atoms with Crippen LogP contribution in [0.3, 0.4) is 0 Å². The van der Waals surface area contributed by atoms with Crippen LogP contribution in [0.1, 0.15) is 33.3 Å². The molecule has 1 aliphatic heterocycles. The van der Waals surface area contributed by atoms with Crippen molar-refractivity contribution in [3.05, 3.63) is 59.9 Å². The van der Waals surface area contributed by atoms with Gasteiger partial charge in [0.2, 0.25) is 0 Å². The van der Waals surface area contributed by atoms with Gasteiger partial charge in [-0.05, 0) is 39.3 Å². The molecule has 2 aromatic carbocycles. The molecule has 5 heteroatoms. The summed E-state index contributed by atoms with van der Waals surface area (Å²) in [5.74, 6) is -0.238. The van der Waals surface area contributed by atoms with Crippen LogP contribution in [0.4, 0.5) is 4.39 Å². The summed E-state index contributed by atoms with van der Waals surface area (Å²) in [6.07, 6.45) is 0. The normalized spacial score (nSPS) is 18.6. The Morgan fingerprint density at radius 1 is 0.917 bits per heavy atom. The molecule has 0 spiro atoms. The van der Waals surface area contributed by atoms with E-state index in [0.717, 1.165) is 5.56 Å². The van der Waals surface area contributed by atoms with Gasteiger partial charge in [-0.15, -0.1) is 0 Å². The Morgan fingerprint density at radius 2 is 1.54 bits per heavy atom. The van der Waals surface area contributed by atoms with E-state index in [4.69, 9.17) is 14.0 Å². The Labute approximate surface area is 142 Å². The molecule has 1 heterocycles. The predicted molar refractivity (Wildman–Crippen MR) is 92.9 cm³/mol. The Hall–Kier alpha value is -1.85. The molecule has 1 fully saturated rings. The molecule has 0 aromatic heterocycles. The van der Waals surface area contributed by atoms with Crippen molar-refractivity contribution in [1.29, 1.82) is 0 Å². The topological polar surface area (TPSA) is 27.7 Å². The van der Waals surface area contributed by atoms with Gasteiger partial charge >= 0.3 is 7.12 Å². The second-order valence-electron chi connectivity index (χ2n) is 7.02. The van der Waals surface area contributed by atoms with Crippen LogP contribution in [0.25, 0.3) is 0 Å². The number of hydrogen-bond acceptors (Lipinski definition) is 3. The van der Waals surface area contributed by atoms with E-state index in [0.29, 0.717) is 12.1 Å². The fourth-order valence-electron chi connectivity index (χ4n) is 2.53. The predicted octanol–water partition coefficient (Wildman–Crippen LogP) is 3.70. The average molecular weight is 328 g/mol. The highest BCUT2D eigenvalue weighted by molar-refractivity contribution is 6.62. The fraction of sp³-hybridized carbons (Fsp3) is 0.368. The van der Waals surface area contributed by atoms with E-state index in [1.165, 1.54) is 0 Å². The lowest BCUT2D eigenvalue weighted by molar-refractivity contribution is 0.00578. The molecule has 126 valence electrons. The van der Waals surface area contributed by atoms with Gasteiger partial charge in [0.1, 0.15) is 6.61 Å². The van der Waals surface area contributed by atoms with E-state index >= 15 is 0 Å². The highest BCUT2D eigenvalue weighted by Crippen LogP contribution is 2.37. The second-order valence-corrected chi connectivity index (χ2v) is 7.02. The molecule has 1 aliphatic rings. The summed E-state index contributed by atoms with van der Waals surface area (Å²) in [6, 6.07) is 14.7. The molecule has 2 aromatic rings. The van der Waals surface area contributed by atoms with E-state index in [9.17, 15) is 4.39 Å². The third kappa shape index (κ3) is 3.19. The van der Waals surface area contributed by atoms with Crippen molar-refractivity contribution >= 4 is 12.6 Å². The van der Waals surface area contributed by atoms with Crippen LogP contribution in [0.2, 0.25) is 0 Å². The maximum absolute atomic E-state index is 14.8. The molecule has 3 rings (SSSR count). The van der Waals surface area contributed by atoms with Gasteiger partial charge in [-0.1, -0.05) is 42.5 Å². The maximum Gasteiger partial charge on any atom is 0.497 e. The van der Waals surface area contributed by atoms with Gasteiger partial charge in [0.15, 0.2) is 11.6 Å². The minimum atomic E-state index is -0.740. The number of halogens is 1. The highest BCUT2D eigenvalue weighted by atomic mass is 19.1. The van der Waals surface area contributed by atoms with Crippen LogP contribution in [0, 0.1) is 5.82 Å². The van der Waals surface area contributed by atoms with E-state index < -0.39 is 24.1 Å². The summed E-state index contributed by atoms with van der Waals surface area (Å²) >= 11 is 0. The summed E-state index contributed by atoms with van der Waals surface area (Å²) in [4.78, 5) is 0. The number of benzene rings is 2. The highest BCUT2D eigenvalue weighted by Gasteiger charge is 2.52. The van der Waals surface area contributed by atoms with Crippen molar-refractivity contribution in [2.45, 2.75) is 45.5 Å². The summed E-state index contributed by atoms with van der Waals surface area (Å²) < 4.78 is 32.3. The van der Waals surface area contributed by atoms with E-state index in [2.05, 4.69) is 0 Å². The lowest BCUT2D eigenvalue weighted by Gasteiger charge is -2.32. The average Bonchev–Trinajstić information content (AvgIpc) is 2.75. The quantitative estimate of drug-likeness (QED) is 0.801. The standard InChI is InChI=1S/C19H22BFO3/c1-18(2)19(3,4)24-20(23-18)15-11-8-12-16(17(15)21)22-13-14-9-6-5-7-10-14/h5-12H,13H2,1-4H3. The molecule has 0 N–H and O–H groups in total. The maximum atomic E-state index is 14.8. The fourth-order valence-corrected chi connectivity index (χ4v) is 2.53. The molecule has 24 heavy (non-hydrogen) atoms. The van der Waals surface area contributed by atoms with E-state index in [1.54, 1.807) is 18.2 Å². The van der Waals surface area contributed by atoms with Crippen molar-refractivity contribution in [2.24, 2.45) is 0 Å². The Kier molecular flexibility index (Phi) is 4.41. The molecule has 3 nitrogen and oxygen atoms in total. The van der Waals surface area contributed by atoms with Crippen LogP contribution in [-0.4, -0.2) is 18.3 Å². The zero-order valence-corrected chi connectivity index (χ0v) is 14.5. The van der Waals surface area contributed by atoms with Crippen LogP contribution >= 0.6 is 0 Å². The lowest BCUT2D eigenvalue weighted by atomic mass is 9.78. The van der Waals surface area contributed by atoms with Crippen molar-refractivity contribution in [3.8, 4) is 5.75 Å². The summed E-state index contributed by atoms with van der Waals surface area (Å²) in [7, 11) is -0.740. The lowest BCUT2D eigenvalue weighted by Crippen LogP contribution is -2.41. The second kappa shape index (κ2) is 6.23. The minimum absolute atomic E-state index is 0.200. The van der Waals surface area contributed by atoms with E-state index in [-0.39, 0.29) is 5.75 Å². The Morgan fingerprint density at radius 3 is 2.17 bits per heavy atom. The molecule has 0 unspecified atom stereocenters. The molecule has 0 atom stereocenters. The first-order chi connectivity index (χ1) is 11.3. The SMILES string of the molecule is CC1(C)OB(c2cccc(OCc3ccccc3)c2F)OC1(C)C. The van der Waals surface area contributed by atoms with Crippen molar-refractivity contribution in [2.75, 3.05) is 0 Å². The minimum Gasteiger partial charge on any atom is -0.486 e. The van der Waals surface area contributed by atoms with Gasteiger partial charge in [-0.25, -0.2) is 4.39 Å². The van der Waals surface area contributed by atoms with Crippen molar-refractivity contribution < 1.29 is 18.4 Å². The van der Waals surface area contributed by atoms with Crippen LogP contribution in [-0.2, 0) is 15.9 Å². The Balaban J connectivity index is 1.79. The zero-order valence-electron chi connectivity index (χ0n) is 14.5. The van der Waals surface area contributed by atoms with Gasteiger partial charge < -0.3 is 14.0 Å². The molecule has 0 saturated carbocycles. The molecule has 0 radical (unpaired) electrons. The third-order valence-electron chi connectivity index (χ3n) is 4.74. The first-order valence-corrected chi connectivity index (χ1v) is 8.11. The molecular formula is C19H22BFO3. The number of rotatable bonds is 4. The first-order valence-electron chi connectivity index (χ1n) is 8.11. The van der Waals surface area contributed by atoms with Gasteiger partial charge in [0.25, 0.3) is 0 Å². The summed E-state index contributed by atoms with van der Waals surface area (Å²) in [6.45, 7) is 8.09. The summed E-state index contributed by atoms with van der Waals surface area (Å²) in [5.41, 5.74) is 0.327. The van der Waals surface area contributed by atoms with Crippen molar-refractivity contribution in [1.82, 2.24) is 0 Å². The largest absolute Gasteiger partial charge is 0.497 e. The van der Waals surface area contributed by atoms with Crippen molar-refractivity contribution in [3.63, 3.8) is 0 Å². The molecule has 0 aliphatic carbocycles. The van der Waals surface area contributed by atoms with Gasteiger partial charge in [-0.2, -0.15) is 0 Å². The molecule has 1 saturated heterocycles.